The number of hydrogen-bond donors (Lipinski definition) is 0. The van der Waals surface area contributed by atoms with Crippen molar-refractivity contribution in [1.29, 1.82) is 0 Å². The summed E-state index contributed by atoms with van der Waals surface area (Å²) in [6.07, 6.45) is 0.913. The van der Waals surface area contributed by atoms with Crippen LogP contribution in [0.3, 0.4) is 0 Å². The summed E-state index contributed by atoms with van der Waals surface area (Å²) in [7, 11) is 0. The number of para-hydroxylation sites is 1. The van der Waals surface area contributed by atoms with E-state index < -0.39 is 0 Å². The summed E-state index contributed by atoms with van der Waals surface area (Å²) in [5, 5.41) is 0. The molecular formula is C18H17NO2. The van der Waals surface area contributed by atoms with Crippen LogP contribution in [0.25, 0.3) is 0 Å². The van der Waals surface area contributed by atoms with E-state index in [1.807, 2.05) is 61.5 Å². The molecule has 0 saturated carbocycles. The van der Waals surface area contributed by atoms with Crippen molar-refractivity contribution < 1.29 is 9.59 Å². The molecule has 3 heteroatoms. The average molecular weight is 279 g/mol. The molecule has 21 heavy (non-hydrogen) atoms. The Balaban J connectivity index is 1.84. The first kappa shape index (κ1) is 13.6. The molecule has 2 amide bonds. The lowest BCUT2D eigenvalue weighted by Crippen LogP contribution is -2.31. The molecule has 0 bridgehead atoms. The molecule has 1 saturated heterocycles. The Morgan fingerprint density at radius 2 is 1.67 bits per heavy atom. The molecule has 106 valence electrons. The number of amides is 2. The maximum atomic E-state index is 12.6. The van der Waals surface area contributed by atoms with Gasteiger partial charge in [0.2, 0.25) is 11.8 Å². The van der Waals surface area contributed by atoms with Gasteiger partial charge in [-0.25, -0.2) is 0 Å². The molecule has 3 rings (SSSR count). The van der Waals surface area contributed by atoms with Crippen LogP contribution in [0.5, 0.6) is 0 Å². The minimum atomic E-state index is -0.250. The fourth-order valence-corrected chi connectivity index (χ4v) is 2.82. The highest BCUT2D eigenvalue weighted by atomic mass is 16.2. The number of hydrogen-bond acceptors (Lipinski definition) is 2. The van der Waals surface area contributed by atoms with Crippen molar-refractivity contribution in [2.75, 3.05) is 4.90 Å². The Labute approximate surface area is 124 Å². The monoisotopic (exact) mass is 279 g/mol. The molecular weight excluding hydrogens is 262 g/mol. The third-order valence-electron chi connectivity index (χ3n) is 3.92. The van der Waals surface area contributed by atoms with Gasteiger partial charge in [0.05, 0.1) is 11.6 Å². The van der Waals surface area contributed by atoms with E-state index >= 15 is 0 Å². The van der Waals surface area contributed by atoms with Gasteiger partial charge in [-0.2, -0.15) is 0 Å². The fraction of sp³-hybridized carbons (Fsp3) is 0.222. The van der Waals surface area contributed by atoms with E-state index in [-0.39, 0.29) is 17.7 Å². The number of aryl methyl sites for hydroxylation is 1. The number of carbonyl (C=O) groups is 2. The van der Waals surface area contributed by atoms with Crippen LogP contribution in [0.4, 0.5) is 5.69 Å². The molecule has 1 aliphatic rings. The molecule has 0 N–H and O–H groups in total. The first-order valence-electron chi connectivity index (χ1n) is 7.13. The van der Waals surface area contributed by atoms with E-state index in [9.17, 15) is 9.59 Å². The summed E-state index contributed by atoms with van der Waals surface area (Å²) >= 11 is 0. The summed E-state index contributed by atoms with van der Waals surface area (Å²) in [4.78, 5) is 26.2. The van der Waals surface area contributed by atoms with Crippen LogP contribution in [0.1, 0.15) is 17.5 Å². The van der Waals surface area contributed by atoms with Gasteiger partial charge in [0.1, 0.15) is 0 Å². The van der Waals surface area contributed by atoms with Crippen LogP contribution in [-0.2, 0) is 16.0 Å². The summed E-state index contributed by atoms with van der Waals surface area (Å²) in [6.45, 7) is 1.92. The van der Waals surface area contributed by atoms with Gasteiger partial charge in [0, 0.05) is 6.42 Å². The van der Waals surface area contributed by atoms with Crippen molar-refractivity contribution in [2.24, 2.45) is 5.92 Å². The molecule has 0 aromatic heterocycles. The zero-order valence-electron chi connectivity index (χ0n) is 12.0. The first-order valence-corrected chi connectivity index (χ1v) is 7.13. The SMILES string of the molecule is Cc1ccccc1N1C(=O)C[C@H](Cc2ccccc2)C1=O. The van der Waals surface area contributed by atoms with E-state index in [4.69, 9.17) is 0 Å². The van der Waals surface area contributed by atoms with E-state index in [1.54, 1.807) is 0 Å². The third kappa shape index (κ3) is 2.59. The lowest BCUT2D eigenvalue weighted by molar-refractivity contribution is -0.122. The number of imide groups is 1. The summed E-state index contributed by atoms with van der Waals surface area (Å²) < 4.78 is 0. The first-order chi connectivity index (χ1) is 10.2. The van der Waals surface area contributed by atoms with Crippen molar-refractivity contribution >= 4 is 17.5 Å². The predicted molar refractivity (Wildman–Crippen MR) is 81.9 cm³/mol. The Bertz CT molecular complexity index is 679. The summed E-state index contributed by atoms with van der Waals surface area (Å²) in [5.74, 6) is -0.437. The quantitative estimate of drug-likeness (QED) is 0.810. The smallest absolute Gasteiger partial charge is 0.237 e. The second kappa shape index (κ2) is 5.52. The largest absolute Gasteiger partial charge is 0.274 e. The zero-order valence-corrected chi connectivity index (χ0v) is 12.0. The molecule has 1 fully saturated rings. The van der Waals surface area contributed by atoms with Gasteiger partial charge in [-0.05, 0) is 30.5 Å². The number of anilines is 1. The third-order valence-corrected chi connectivity index (χ3v) is 3.92. The molecule has 2 aromatic carbocycles. The Morgan fingerprint density at radius 3 is 2.38 bits per heavy atom. The molecule has 1 heterocycles. The second-order valence-corrected chi connectivity index (χ2v) is 5.44. The van der Waals surface area contributed by atoms with Crippen molar-refractivity contribution in [3.63, 3.8) is 0 Å². The van der Waals surface area contributed by atoms with Gasteiger partial charge in [-0.3, -0.25) is 14.5 Å². The van der Waals surface area contributed by atoms with E-state index in [2.05, 4.69) is 0 Å². The predicted octanol–water partition coefficient (Wildman–Crippen LogP) is 3.12. The maximum absolute atomic E-state index is 12.6. The maximum Gasteiger partial charge on any atom is 0.237 e. The standard InChI is InChI=1S/C18H17NO2/c1-13-7-5-6-10-16(13)19-17(20)12-15(18(19)21)11-14-8-3-2-4-9-14/h2-10,15H,11-12H2,1H3/t15-/m0/s1. The fourth-order valence-electron chi connectivity index (χ4n) is 2.82. The number of nitrogens with zero attached hydrogens (tertiary/aromatic N) is 1. The molecule has 0 radical (unpaired) electrons. The van der Waals surface area contributed by atoms with Gasteiger partial charge in [-0.15, -0.1) is 0 Å². The number of benzene rings is 2. The summed E-state index contributed by atoms with van der Waals surface area (Å²) in [5.41, 5.74) is 2.75. The van der Waals surface area contributed by atoms with Crippen molar-refractivity contribution in [3.8, 4) is 0 Å². The molecule has 0 spiro atoms. The second-order valence-electron chi connectivity index (χ2n) is 5.44. The van der Waals surface area contributed by atoms with E-state index in [0.717, 1.165) is 11.1 Å². The van der Waals surface area contributed by atoms with Crippen LogP contribution in [-0.4, -0.2) is 11.8 Å². The van der Waals surface area contributed by atoms with Gasteiger partial charge in [0.25, 0.3) is 0 Å². The summed E-state index contributed by atoms with van der Waals surface area (Å²) in [6, 6.07) is 17.4. The lowest BCUT2D eigenvalue weighted by atomic mass is 9.98. The molecule has 1 aliphatic heterocycles. The molecule has 0 unspecified atom stereocenters. The molecule has 1 atom stereocenters. The Kier molecular flexibility index (Phi) is 3.57. The van der Waals surface area contributed by atoms with E-state index in [0.29, 0.717) is 18.5 Å². The van der Waals surface area contributed by atoms with Gasteiger partial charge < -0.3 is 0 Å². The normalized spacial score (nSPS) is 18.3. The molecule has 3 nitrogen and oxygen atoms in total. The van der Waals surface area contributed by atoms with Gasteiger partial charge in [-0.1, -0.05) is 48.5 Å². The van der Waals surface area contributed by atoms with E-state index in [1.165, 1.54) is 4.90 Å². The topological polar surface area (TPSA) is 37.4 Å². The number of carbonyl (C=O) groups excluding carboxylic acids is 2. The van der Waals surface area contributed by atoms with Crippen LogP contribution in [0, 0.1) is 12.8 Å². The highest BCUT2D eigenvalue weighted by Crippen LogP contribution is 2.30. The van der Waals surface area contributed by atoms with Crippen molar-refractivity contribution in [2.45, 2.75) is 19.8 Å². The average Bonchev–Trinajstić information content (AvgIpc) is 2.76. The minimum Gasteiger partial charge on any atom is -0.274 e. The van der Waals surface area contributed by atoms with Gasteiger partial charge in [0.15, 0.2) is 0 Å². The van der Waals surface area contributed by atoms with Crippen molar-refractivity contribution in [1.82, 2.24) is 0 Å². The minimum absolute atomic E-state index is 0.0850. The van der Waals surface area contributed by atoms with Crippen LogP contribution < -0.4 is 4.90 Å². The lowest BCUT2D eigenvalue weighted by Gasteiger charge is -2.17. The molecule has 2 aromatic rings. The van der Waals surface area contributed by atoms with Crippen LogP contribution in [0.15, 0.2) is 54.6 Å². The zero-order chi connectivity index (χ0) is 14.8. The van der Waals surface area contributed by atoms with Gasteiger partial charge >= 0.3 is 0 Å². The Morgan fingerprint density at radius 1 is 1.00 bits per heavy atom. The Hall–Kier alpha value is -2.42. The number of rotatable bonds is 3. The molecule has 0 aliphatic carbocycles. The highest BCUT2D eigenvalue weighted by Gasteiger charge is 2.39. The van der Waals surface area contributed by atoms with Crippen molar-refractivity contribution in [3.05, 3.63) is 65.7 Å². The van der Waals surface area contributed by atoms with Crippen LogP contribution >= 0.6 is 0 Å². The highest BCUT2D eigenvalue weighted by molar-refractivity contribution is 6.21. The van der Waals surface area contributed by atoms with Crippen LogP contribution in [0.2, 0.25) is 0 Å².